The van der Waals surface area contributed by atoms with Gasteiger partial charge in [0.25, 0.3) is 5.91 Å². The molecule has 1 aliphatic rings. The van der Waals surface area contributed by atoms with E-state index in [2.05, 4.69) is 25.8 Å². The van der Waals surface area contributed by atoms with E-state index in [9.17, 15) is 9.59 Å². The highest BCUT2D eigenvalue weighted by Gasteiger charge is 2.18. The second-order valence-electron chi connectivity index (χ2n) is 6.07. The minimum absolute atomic E-state index is 0.155. The first-order chi connectivity index (χ1) is 14.6. The summed E-state index contributed by atoms with van der Waals surface area (Å²) in [7, 11) is 0. The maximum Gasteiger partial charge on any atom is 0.251 e. The SMILES string of the molecule is CCn1c(CNC(=O)c2ccc3c(c2)OCO3)nnc1SCC(=O)Nc1nccs1. The first-order valence-corrected chi connectivity index (χ1v) is 10.9. The largest absolute Gasteiger partial charge is 0.454 e. The molecule has 4 rings (SSSR count). The van der Waals surface area contributed by atoms with Crippen molar-refractivity contribution in [2.45, 2.75) is 25.2 Å². The second-order valence-corrected chi connectivity index (χ2v) is 7.90. The molecule has 30 heavy (non-hydrogen) atoms. The maximum atomic E-state index is 12.5. The monoisotopic (exact) mass is 446 g/mol. The maximum absolute atomic E-state index is 12.5. The number of benzene rings is 1. The van der Waals surface area contributed by atoms with Crippen LogP contribution in [-0.2, 0) is 17.9 Å². The Kier molecular flexibility index (Phi) is 6.14. The predicted octanol–water partition coefficient (Wildman–Crippen LogP) is 2.14. The molecule has 10 nitrogen and oxygen atoms in total. The van der Waals surface area contributed by atoms with Gasteiger partial charge < -0.3 is 24.7 Å². The summed E-state index contributed by atoms with van der Waals surface area (Å²) in [5.41, 5.74) is 0.468. The highest BCUT2D eigenvalue weighted by atomic mass is 32.2. The number of nitrogens with one attached hydrogen (secondary N) is 2. The van der Waals surface area contributed by atoms with E-state index in [0.717, 1.165) is 0 Å². The fraction of sp³-hybridized carbons (Fsp3) is 0.278. The van der Waals surface area contributed by atoms with Gasteiger partial charge in [0.2, 0.25) is 12.7 Å². The van der Waals surface area contributed by atoms with E-state index < -0.39 is 0 Å². The Labute approximate surface area is 180 Å². The molecular weight excluding hydrogens is 428 g/mol. The van der Waals surface area contributed by atoms with Crippen LogP contribution >= 0.6 is 23.1 Å². The number of carbonyl (C=O) groups is 2. The van der Waals surface area contributed by atoms with Crippen molar-refractivity contribution in [2.24, 2.45) is 0 Å². The van der Waals surface area contributed by atoms with Gasteiger partial charge in [0.1, 0.15) is 0 Å². The Morgan fingerprint density at radius 1 is 1.27 bits per heavy atom. The summed E-state index contributed by atoms with van der Waals surface area (Å²) in [5.74, 6) is 1.54. The molecule has 3 heterocycles. The molecule has 2 aromatic heterocycles. The molecule has 2 N–H and O–H groups in total. The average molecular weight is 447 g/mol. The summed E-state index contributed by atoms with van der Waals surface area (Å²) >= 11 is 2.64. The summed E-state index contributed by atoms with van der Waals surface area (Å²) in [4.78, 5) is 28.5. The molecule has 1 aromatic carbocycles. The van der Waals surface area contributed by atoms with Crippen molar-refractivity contribution in [1.82, 2.24) is 25.1 Å². The van der Waals surface area contributed by atoms with Crippen molar-refractivity contribution >= 4 is 40.0 Å². The van der Waals surface area contributed by atoms with Crippen molar-refractivity contribution in [3.05, 3.63) is 41.2 Å². The molecule has 156 valence electrons. The number of rotatable bonds is 8. The van der Waals surface area contributed by atoms with Gasteiger partial charge >= 0.3 is 0 Å². The topological polar surface area (TPSA) is 120 Å². The molecule has 0 aliphatic carbocycles. The van der Waals surface area contributed by atoms with E-state index in [1.54, 1.807) is 29.8 Å². The van der Waals surface area contributed by atoms with Gasteiger partial charge in [-0.15, -0.1) is 21.5 Å². The number of nitrogens with zero attached hydrogens (tertiary/aromatic N) is 4. The normalized spacial score (nSPS) is 12.0. The minimum atomic E-state index is -0.254. The quantitative estimate of drug-likeness (QED) is 0.505. The number of carbonyl (C=O) groups excluding carboxylic acids is 2. The lowest BCUT2D eigenvalue weighted by Gasteiger charge is -2.09. The van der Waals surface area contributed by atoms with Crippen LogP contribution in [0.2, 0.25) is 0 Å². The lowest BCUT2D eigenvalue weighted by Crippen LogP contribution is -2.24. The molecule has 0 fully saturated rings. The molecule has 12 heteroatoms. The summed E-state index contributed by atoms with van der Waals surface area (Å²) in [5, 5.41) is 16.8. The zero-order chi connectivity index (χ0) is 20.9. The molecule has 0 bridgehead atoms. The number of ether oxygens (including phenoxy) is 2. The van der Waals surface area contributed by atoms with Crippen molar-refractivity contribution < 1.29 is 19.1 Å². The average Bonchev–Trinajstić information content (AvgIpc) is 3.50. The second kappa shape index (κ2) is 9.13. The Morgan fingerprint density at radius 2 is 2.13 bits per heavy atom. The molecule has 3 aromatic rings. The van der Waals surface area contributed by atoms with Crippen molar-refractivity contribution in [3.63, 3.8) is 0 Å². The van der Waals surface area contributed by atoms with Gasteiger partial charge in [-0.1, -0.05) is 11.8 Å². The molecule has 1 aliphatic heterocycles. The molecule has 0 unspecified atom stereocenters. The summed E-state index contributed by atoms with van der Waals surface area (Å²) in [6.07, 6.45) is 1.63. The van der Waals surface area contributed by atoms with Crippen molar-refractivity contribution in [3.8, 4) is 11.5 Å². The number of thioether (sulfide) groups is 1. The molecule has 2 amide bonds. The van der Waals surface area contributed by atoms with Gasteiger partial charge in [-0.05, 0) is 25.1 Å². The van der Waals surface area contributed by atoms with Gasteiger partial charge in [-0.3, -0.25) is 9.59 Å². The summed E-state index contributed by atoms with van der Waals surface area (Å²) in [6.45, 7) is 2.92. The van der Waals surface area contributed by atoms with Crippen LogP contribution in [0.1, 0.15) is 23.1 Å². The Morgan fingerprint density at radius 3 is 2.93 bits per heavy atom. The highest BCUT2D eigenvalue weighted by Crippen LogP contribution is 2.32. The van der Waals surface area contributed by atoms with Crippen molar-refractivity contribution in [1.29, 1.82) is 0 Å². The number of anilines is 1. The third-order valence-electron chi connectivity index (χ3n) is 4.16. The molecule has 0 spiro atoms. The van der Waals surface area contributed by atoms with E-state index in [1.807, 2.05) is 11.5 Å². The number of aromatic nitrogens is 4. The van der Waals surface area contributed by atoms with Crippen LogP contribution in [0.5, 0.6) is 11.5 Å². The smallest absolute Gasteiger partial charge is 0.251 e. The van der Waals surface area contributed by atoms with E-state index in [4.69, 9.17) is 9.47 Å². The third-order valence-corrected chi connectivity index (χ3v) is 5.82. The zero-order valence-electron chi connectivity index (χ0n) is 16.0. The number of hydrogen-bond donors (Lipinski definition) is 2. The van der Waals surface area contributed by atoms with E-state index in [0.29, 0.717) is 39.7 Å². The van der Waals surface area contributed by atoms with E-state index in [1.165, 1.54) is 23.1 Å². The zero-order valence-corrected chi connectivity index (χ0v) is 17.6. The van der Waals surface area contributed by atoms with E-state index in [-0.39, 0.29) is 30.9 Å². The molecule has 0 radical (unpaired) electrons. The first-order valence-electron chi connectivity index (χ1n) is 9.06. The van der Waals surface area contributed by atoms with Crippen LogP contribution in [0.25, 0.3) is 0 Å². The van der Waals surface area contributed by atoms with Crippen LogP contribution in [0.15, 0.2) is 34.9 Å². The Hall–Kier alpha value is -3.12. The van der Waals surface area contributed by atoms with Crippen LogP contribution in [-0.4, -0.2) is 44.1 Å². The number of fused-ring (bicyclic) bond motifs is 1. The number of amides is 2. The minimum Gasteiger partial charge on any atom is -0.454 e. The molecule has 0 atom stereocenters. The summed E-state index contributed by atoms with van der Waals surface area (Å²) in [6, 6.07) is 5.03. The van der Waals surface area contributed by atoms with Gasteiger partial charge in [-0.25, -0.2) is 4.98 Å². The Balaban J connectivity index is 1.34. The predicted molar refractivity (Wildman–Crippen MR) is 111 cm³/mol. The lowest BCUT2D eigenvalue weighted by molar-refractivity contribution is -0.113. The number of thiazole rings is 1. The molecule has 0 saturated carbocycles. The standard InChI is InChI=1S/C18H18N6O4S2/c1-2-24-14(8-20-16(26)11-3-4-12-13(7-11)28-10-27-12)22-23-18(24)30-9-15(25)21-17-19-5-6-29-17/h3-7H,2,8-10H2,1H3,(H,20,26)(H,19,21,25). The van der Waals surface area contributed by atoms with Gasteiger partial charge in [0, 0.05) is 23.7 Å². The third kappa shape index (κ3) is 4.54. The molecule has 0 saturated heterocycles. The van der Waals surface area contributed by atoms with E-state index >= 15 is 0 Å². The number of hydrogen-bond acceptors (Lipinski definition) is 9. The highest BCUT2D eigenvalue weighted by molar-refractivity contribution is 7.99. The van der Waals surface area contributed by atoms with Gasteiger partial charge in [-0.2, -0.15) is 0 Å². The first kappa shape index (κ1) is 20.2. The lowest BCUT2D eigenvalue weighted by atomic mass is 10.2. The van der Waals surface area contributed by atoms with Crippen LogP contribution in [0.3, 0.4) is 0 Å². The molecular formula is C18H18N6O4S2. The van der Waals surface area contributed by atoms with Crippen LogP contribution in [0.4, 0.5) is 5.13 Å². The van der Waals surface area contributed by atoms with Crippen molar-refractivity contribution in [2.75, 3.05) is 17.9 Å². The van der Waals surface area contributed by atoms with Gasteiger partial charge in [0.05, 0.1) is 12.3 Å². The fourth-order valence-corrected chi connectivity index (χ4v) is 4.11. The Bertz CT molecular complexity index is 1050. The van der Waals surface area contributed by atoms with Crippen LogP contribution < -0.4 is 20.1 Å². The van der Waals surface area contributed by atoms with Crippen LogP contribution in [0, 0.1) is 0 Å². The fourth-order valence-electron chi connectivity index (χ4n) is 2.74. The van der Waals surface area contributed by atoms with Gasteiger partial charge in [0.15, 0.2) is 27.6 Å². The summed E-state index contributed by atoms with van der Waals surface area (Å²) < 4.78 is 12.4.